The minimum Gasteiger partial charge on any atom is -0.309 e. The summed E-state index contributed by atoms with van der Waals surface area (Å²) in [6.45, 7) is 0. The monoisotopic (exact) mass is 383 g/mol. The first-order chi connectivity index (χ1) is 9.28. The Balaban J connectivity index is 1.90. The maximum Gasteiger partial charge on any atom is 0.0656 e. The molecule has 1 aromatic carbocycles. The quantitative estimate of drug-likeness (QED) is 0.739. The number of nitrogens with one attached hydrogen (secondary N) is 1. The van der Waals surface area contributed by atoms with Gasteiger partial charge in [-0.25, -0.2) is 0 Å². The molecule has 1 aliphatic rings. The molecule has 0 bridgehead atoms. The van der Waals surface area contributed by atoms with Gasteiger partial charge in [0.1, 0.15) is 0 Å². The highest BCUT2D eigenvalue weighted by atomic mass is 127. The summed E-state index contributed by atoms with van der Waals surface area (Å²) in [7, 11) is 2.05. The van der Waals surface area contributed by atoms with Crippen molar-refractivity contribution in [3.8, 4) is 0 Å². The van der Waals surface area contributed by atoms with E-state index in [1.165, 1.54) is 38.8 Å². The standard InChI is InChI=1S/C16H18INS/c1-18-16(14-9-15(17)19-10-14)13-7-3-6-12(8-13)11-4-2-5-11/h3,6-11,16,18H,2,4-5H2,1H3. The van der Waals surface area contributed by atoms with Crippen molar-refractivity contribution >= 4 is 33.9 Å². The number of thiophene rings is 1. The molecular formula is C16H18INS. The maximum atomic E-state index is 3.45. The van der Waals surface area contributed by atoms with Crippen LogP contribution in [0, 0.1) is 2.88 Å². The highest BCUT2D eigenvalue weighted by Crippen LogP contribution is 2.37. The van der Waals surface area contributed by atoms with E-state index >= 15 is 0 Å². The molecular weight excluding hydrogens is 365 g/mol. The molecule has 1 aliphatic carbocycles. The number of halogens is 1. The van der Waals surface area contributed by atoms with E-state index in [9.17, 15) is 0 Å². The first kappa shape index (κ1) is 13.6. The fraction of sp³-hybridized carbons (Fsp3) is 0.375. The van der Waals surface area contributed by atoms with Gasteiger partial charge in [-0.3, -0.25) is 0 Å². The second-order valence-electron chi connectivity index (χ2n) is 5.20. The summed E-state index contributed by atoms with van der Waals surface area (Å²) < 4.78 is 1.35. The molecule has 19 heavy (non-hydrogen) atoms. The molecule has 0 radical (unpaired) electrons. The SMILES string of the molecule is CNC(c1cccc(C2CCC2)c1)c1csc(I)c1. The molecule has 0 spiro atoms. The summed E-state index contributed by atoms with van der Waals surface area (Å²) in [4.78, 5) is 0. The van der Waals surface area contributed by atoms with Crippen LogP contribution < -0.4 is 5.32 Å². The fourth-order valence-electron chi connectivity index (χ4n) is 2.73. The van der Waals surface area contributed by atoms with Crippen LogP contribution in [0.2, 0.25) is 0 Å². The predicted molar refractivity (Wildman–Crippen MR) is 91.0 cm³/mol. The van der Waals surface area contributed by atoms with Gasteiger partial charge < -0.3 is 5.32 Å². The lowest BCUT2D eigenvalue weighted by molar-refractivity contribution is 0.419. The molecule has 1 N–H and O–H groups in total. The van der Waals surface area contributed by atoms with E-state index < -0.39 is 0 Å². The average Bonchev–Trinajstić information content (AvgIpc) is 2.75. The molecule has 0 amide bonds. The zero-order valence-corrected chi connectivity index (χ0v) is 14.0. The van der Waals surface area contributed by atoms with Gasteiger partial charge in [-0.15, -0.1) is 11.3 Å². The highest BCUT2D eigenvalue weighted by Gasteiger charge is 2.21. The number of rotatable bonds is 4. The van der Waals surface area contributed by atoms with Gasteiger partial charge in [0.15, 0.2) is 0 Å². The summed E-state index contributed by atoms with van der Waals surface area (Å²) in [6, 6.07) is 11.7. The first-order valence-electron chi connectivity index (χ1n) is 6.79. The zero-order valence-electron chi connectivity index (χ0n) is 11.0. The third kappa shape index (κ3) is 2.88. The Bertz CT molecular complexity index is 559. The van der Waals surface area contributed by atoms with Crippen LogP contribution in [0.15, 0.2) is 35.7 Å². The van der Waals surface area contributed by atoms with Crippen molar-refractivity contribution in [1.82, 2.24) is 5.32 Å². The molecule has 0 aliphatic heterocycles. The van der Waals surface area contributed by atoms with Crippen LogP contribution in [0.25, 0.3) is 0 Å². The lowest BCUT2D eigenvalue weighted by Gasteiger charge is -2.27. The van der Waals surface area contributed by atoms with Crippen LogP contribution in [-0.4, -0.2) is 7.05 Å². The maximum absolute atomic E-state index is 3.45. The second kappa shape index (κ2) is 5.94. The van der Waals surface area contributed by atoms with Crippen molar-refractivity contribution in [2.45, 2.75) is 31.2 Å². The molecule has 1 saturated carbocycles. The molecule has 1 atom stereocenters. The zero-order chi connectivity index (χ0) is 13.2. The molecule has 1 aromatic heterocycles. The molecule has 1 nitrogen and oxygen atoms in total. The summed E-state index contributed by atoms with van der Waals surface area (Å²) in [5.41, 5.74) is 4.29. The first-order valence-corrected chi connectivity index (χ1v) is 8.75. The van der Waals surface area contributed by atoms with E-state index in [-0.39, 0.29) is 0 Å². The minimum absolute atomic E-state index is 0.319. The Morgan fingerprint density at radius 1 is 1.26 bits per heavy atom. The molecule has 1 fully saturated rings. The van der Waals surface area contributed by atoms with E-state index in [0.29, 0.717) is 6.04 Å². The highest BCUT2D eigenvalue weighted by molar-refractivity contribution is 14.1. The molecule has 3 rings (SSSR count). The van der Waals surface area contributed by atoms with Crippen molar-refractivity contribution in [2.24, 2.45) is 0 Å². The molecule has 100 valence electrons. The number of hydrogen-bond acceptors (Lipinski definition) is 2. The lowest BCUT2D eigenvalue weighted by Crippen LogP contribution is -2.18. The van der Waals surface area contributed by atoms with Crippen molar-refractivity contribution in [3.63, 3.8) is 0 Å². The molecule has 1 unspecified atom stereocenters. The van der Waals surface area contributed by atoms with Crippen LogP contribution in [0.4, 0.5) is 0 Å². The number of benzene rings is 1. The van der Waals surface area contributed by atoms with Gasteiger partial charge in [-0.1, -0.05) is 30.7 Å². The number of hydrogen-bond donors (Lipinski definition) is 1. The molecule has 3 heteroatoms. The van der Waals surface area contributed by atoms with Crippen LogP contribution in [0.3, 0.4) is 0 Å². The van der Waals surface area contributed by atoms with E-state index in [0.717, 1.165) is 5.92 Å². The third-order valence-electron chi connectivity index (χ3n) is 4.03. The topological polar surface area (TPSA) is 12.0 Å². The van der Waals surface area contributed by atoms with Crippen LogP contribution in [-0.2, 0) is 0 Å². The Hall–Kier alpha value is -0.390. The second-order valence-corrected chi connectivity index (χ2v) is 8.01. The van der Waals surface area contributed by atoms with E-state index in [4.69, 9.17) is 0 Å². The largest absolute Gasteiger partial charge is 0.309 e. The smallest absolute Gasteiger partial charge is 0.0656 e. The molecule has 1 heterocycles. The third-order valence-corrected chi connectivity index (χ3v) is 5.84. The van der Waals surface area contributed by atoms with Gasteiger partial charge in [0.2, 0.25) is 0 Å². The van der Waals surface area contributed by atoms with Gasteiger partial charge in [0.05, 0.1) is 8.93 Å². The molecule has 0 saturated heterocycles. The van der Waals surface area contributed by atoms with Gasteiger partial charge in [-0.2, -0.15) is 0 Å². The summed E-state index contributed by atoms with van der Waals surface area (Å²) in [5, 5.41) is 5.72. The summed E-state index contributed by atoms with van der Waals surface area (Å²) in [5.74, 6) is 0.806. The van der Waals surface area contributed by atoms with E-state index in [2.05, 4.69) is 63.6 Å². The van der Waals surface area contributed by atoms with Crippen LogP contribution in [0.1, 0.15) is 47.9 Å². The summed E-state index contributed by atoms with van der Waals surface area (Å²) >= 11 is 4.21. The van der Waals surface area contributed by atoms with Gasteiger partial charge in [-0.05, 0) is 76.5 Å². The van der Waals surface area contributed by atoms with Crippen molar-refractivity contribution in [2.75, 3.05) is 7.05 Å². The van der Waals surface area contributed by atoms with E-state index in [1.54, 1.807) is 0 Å². The minimum atomic E-state index is 0.319. The van der Waals surface area contributed by atoms with Crippen molar-refractivity contribution in [1.29, 1.82) is 0 Å². The van der Waals surface area contributed by atoms with Crippen LogP contribution in [0.5, 0.6) is 0 Å². The fourth-order valence-corrected chi connectivity index (χ4v) is 4.13. The average molecular weight is 383 g/mol. The molecule has 2 aromatic rings. The predicted octanol–water partition coefficient (Wildman–Crippen LogP) is 4.93. The Morgan fingerprint density at radius 2 is 2.11 bits per heavy atom. The van der Waals surface area contributed by atoms with Crippen molar-refractivity contribution in [3.05, 3.63) is 55.3 Å². The lowest BCUT2D eigenvalue weighted by atomic mass is 9.79. The van der Waals surface area contributed by atoms with Gasteiger partial charge in [0.25, 0.3) is 0 Å². The Labute approximate surface area is 132 Å². The Morgan fingerprint density at radius 3 is 2.68 bits per heavy atom. The Kier molecular flexibility index (Phi) is 4.24. The van der Waals surface area contributed by atoms with Gasteiger partial charge in [0, 0.05) is 0 Å². The van der Waals surface area contributed by atoms with Crippen molar-refractivity contribution < 1.29 is 0 Å². The summed E-state index contributed by atoms with van der Waals surface area (Å²) in [6.07, 6.45) is 4.13. The van der Waals surface area contributed by atoms with Crippen LogP contribution >= 0.6 is 33.9 Å². The van der Waals surface area contributed by atoms with Gasteiger partial charge >= 0.3 is 0 Å². The van der Waals surface area contributed by atoms with E-state index in [1.807, 2.05) is 18.4 Å². The normalized spacial score (nSPS) is 17.2.